The van der Waals surface area contributed by atoms with E-state index in [1.165, 1.54) is 0 Å². The first-order valence-electron chi connectivity index (χ1n) is 4.93. The van der Waals surface area contributed by atoms with E-state index in [-0.39, 0.29) is 5.91 Å². The Labute approximate surface area is 94.8 Å². The molecule has 84 valence electrons. The SMILES string of the molecule is CC#CC(=O)Nc1cccc(OCCN)c1. The summed E-state index contributed by atoms with van der Waals surface area (Å²) in [6.07, 6.45) is 0. The normalized spacial score (nSPS) is 8.88. The average Bonchev–Trinajstić information content (AvgIpc) is 2.27. The smallest absolute Gasteiger partial charge is 0.300 e. The zero-order valence-electron chi connectivity index (χ0n) is 9.12. The van der Waals surface area contributed by atoms with Crippen molar-refractivity contribution in [2.45, 2.75) is 6.92 Å². The predicted octanol–water partition coefficient (Wildman–Crippen LogP) is 0.986. The van der Waals surface area contributed by atoms with Crippen LogP contribution in [0, 0.1) is 11.8 Å². The lowest BCUT2D eigenvalue weighted by Crippen LogP contribution is -2.11. The van der Waals surface area contributed by atoms with E-state index in [1.54, 1.807) is 31.2 Å². The van der Waals surface area contributed by atoms with Gasteiger partial charge in [0.05, 0.1) is 0 Å². The molecule has 0 heterocycles. The van der Waals surface area contributed by atoms with E-state index in [2.05, 4.69) is 17.2 Å². The Kier molecular flexibility index (Phi) is 4.90. The molecule has 0 saturated heterocycles. The van der Waals surface area contributed by atoms with Crippen LogP contribution in [-0.4, -0.2) is 19.1 Å². The van der Waals surface area contributed by atoms with Gasteiger partial charge in [0.25, 0.3) is 5.91 Å². The van der Waals surface area contributed by atoms with Crippen LogP contribution in [0.4, 0.5) is 5.69 Å². The minimum Gasteiger partial charge on any atom is -0.492 e. The Hall–Kier alpha value is -1.99. The first-order valence-corrected chi connectivity index (χ1v) is 4.93. The number of amides is 1. The van der Waals surface area contributed by atoms with Gasteiger partial charge in [-0.1, -0.05) is 12.0 Å². The molecule has 0 aliphatic rings. The lowest BCUT2D eigenvalue weighted by Gasteiger charge is -2.06. The Balaban J connectivity index is 2.65. The molecule has 16 heavy (non-hydrogen) atoms. The van der Waals surface area contributed by atoms with Crippen molar-refractivity contribution in [3.63, 3.8) is 0 Å². The largest absolute Gasteiger partial charge is 0.492 e. The summed E-state index contributed by atoms with van der Waals surface area (Å²) in [6, 6.07) is 7.09. The maximum atomic E-state index is 11.2. The molecule has 1 rings (SSSR count). The number of rotatable bonds is 4. The topological polar surface area (TPSA) is 64.3 Å². The van der Waals surface area contributed by atoms with Crippen LogP contribution in [0.2, 0.25) is 0 Å². The molecule has 4 nitrogen and oxygen atoms in total. The first-order chi connectivity index (χ1) is 7.76. The highest BCUT2D eigenvalue weighted by Crippen LogP contribution is 2.16. The second kappa shape index (κ2) is 6.49. The van der Waals surface area contributed by atoms with Gasteiger partial charge < -0.3 is 15.8 Å². The number of nitrogens with two attached hydrogens (primary N) is 1. The summed E-state index contributed by atoms with van der Waals surface area (Å²) in [5.74, 6) is 5.26. The molecule has 0 aromatic heterocycles. The molecular formula is C12H14N2O2. The van der Waals surface area contributed by atoms with Crippen LogP contribution in [-0.2, 0) is 4.79 Å². The zero-order valence-corrected chi connectivity index (χ0v) is 9.12. The number of anilines is 1. The molecule has 0 spiro atoms. The second-order valence-electron chi connectivity index (χ2n) is 2.99. The Bertz CT molecular complexity index is 419. The molecule has 0 aliphatic carbocycles. The third kappa shape index (κ3) is 4.03. The van der Waals surface area contributed by atoms with Gasteiger partial charge in [-0.25, -0.2) is 0 Å². The van der Waals surface area contributed by atoms with Gasteiger partial charge in [-0.05, 0) is 25.0 Å². The van der Waals surface area contributed by atoms with E-state index in [0.29, 0.717) is 24.6 Å². The van der Waals surface area contributed by atoms with Crippen molar-refractivity contribution >= 4 is 11.6 Å². The van der Waals surface area contributed by atoms with Crippen LogP contribution in [0.1, 0.15) is 6.92 Å². The predicted molar refractivity (Wildman–Crippen MR) is 63.1 cm³/mol. The molecule has 0 radical (unpaired) electrons. The van der Waals surface area contributed by atoms with Gasteiger partial charge in [0.1, 0.15) is 12.4 Å². The molecule has 4 heteroatoms. The summed E-state index contributed by atoms with van der Waals surface area (Å²) in [4.78, 5) is 11.2. The lowest BCUT2D eigenvalue weighted by molar-refractivity contribution is -0.111. The molecule has 3 N–H and O–H groups in total. The first kappa shape index (κ1) is 12.1. The van der Waals surface area contributed by atoms with Crippen molar-refractivity contribution in [3.05, 3.63) is 24.3 Å². The molecule has 1 amide bonds. The summed E-state index contributed by atoms with van der Waals surface area (Å²) in [7, 11) is 0. The van der Waals surface area contributed by atoms with E-state index in [9.17, 15) is 4.79 Å². The molecule has 0 saturated carbocycles. The van der Waals surface area contributed by atoms with Crippen LogP contribution in [0.3, 0.4) is 0 Å². The van der Waals surface area contributed by atoms with Crippen molar-refractivity contribution in [3.8, 4) is 17.6 Å². The summed E-state index contributed by atoms with van der Waals surface area (Å²) in [5, 5.41) is 2.64. The molecule has 1 aromatic rings. The van der Waals surface area contributed by atoms with Crippen molar-refractivity contribution < 1.29 is 9.53 Å². The molecule has 0 bridgehead atoms. The van der Waals surface area contributed by atoms with Gasteiger partial charge in [-0.15, -0.1) is 0 Å². The van der Waals surface area contributed by atoms with E-state index >= 15 is 0 Å². The summed E-state index contributed by atoms with van der Waals surface area (Å²) < 4.78 is 5.33. The van der Waals surface area contributed by atoms with Crippen molar-refractivity contribution in [2.24, 2.45) is 5.73 Å². The average molecular weight is 218 g/mol. The number of carbonyl (C=O) groups excluding carboxylic acids is 1. The van der Waals surface area contributed by atoms with Crippen LogP contribution in [0.5, 0.6) is 5.75 Å². The Morgan fingerprint density at radius 2 is 2.38 bits per heavy atom. The monoisotopic (exact) mass is 218 g/mol. The van der Waals surface area contributed by atoms with Crippen molar-refractivity contribution in [1.29, 1.82) is 0 Å². The number of nitrogens with one attached hydrogen (secondary N) is 1. The van der Waals surface area contributed by atoms with E-state index in [0.717, 1.165) is 0 Å². The Morgan fingerprint density at radius 3 is 3.06 bits per heavy atom. The molecular weight excluding hydrogens is 204 g/mol. The van der Waals surface area contributed by atoms with Gasteiger partial charge in [-0.3, -0.25) is 4.79 Å². The van der Waals surface area contributed by atoms with Crippen LogP contribution in [0.15, 0.2) is 24.3 Å². The number of benzene rings is 1. The molecule has 0 atom stereocenters. The van der Waals surface area contributed by atoms with Gasteiger partial charge >= 0.3 is 0 Å². The number of hydrogen-bond acceptors (Lipinski definition) is 3. The summed E-state index contributed by atoms with van der Waals surface area (Å²) in [6.45, 7) is 2.52. The fourth-order valence-corrected chi connectivity index (χ4v) is 1.12. The minimum atomic E-state index is -0.335. The maximum Gasteiger partial charge on any atom is 0.300 e. The van der Waals surface area contributed by atoms with Crippen LogP contribution in [0.25, 0.3) is 0 Å². The van der Waals surface area contributed by atoms with Gasteiger partial charge in [0.2, 0.25) is 0 Å². The number of ether oxygens (including phenoxy) is 1. The third-order valence-corrected chi connectivity index (χ3v) is 1.72. The fourth-order valence-electron chi connectivity index (χ4n) is 1.12. The molecule has 1 aromatic carbocycles. The molecule has 0 unspecified atom stereocenters. The van der Waals surface area contributed by atoms with Crippen LogP contribution >= 0.6 is 0 Å². The quantitative estimate of drug-likeness (QED) is 0.740. The third-order valence-electron chi connectivity index (χ3n) is 1.72. The zero-order chi connectivity index (χ0) is 11.8. The standard InChI is InChI=1S/C12H14N2O2/c1-2-4-12(15)14-10-5-3-6-11(9-10)16-8-7-13/h3,5-6,9H,7-8,13H2,1H3,(H,14,15). The summed E-state index contributed by atoms with van der Waals surface area (Å²) in [5.41, 5.74) is 5.98. The van der Waals surface area contributed by atoms with Gasteiger partial charge in [-0.2, -0.15) is 0 Å². The Morgan fingerprint density at radius 1 is 1.56 bits per heavy atom. The molecule has 0 aliphatic heterocycles. The van der Waals surface area contributed by atoms with Crippen molar-refractivity contribution in [1.82, 2.24) is 0 Å². The summed E-state index contributed by atoms with van der Waals surface area (Å²) >= 11 is 0. The highest BCUT2D eigenvalue weighted by Gasteiger charge is 1.99. The van der Waals surface area contributed by atoms with E-state index < -0.39 is 0 Å². The van der Waals surface area contributed by atoms with E-state index in [4.69, 9.17) is 10.5 Å². The minimum absolute atomic E-state index is 0.335. The van der Waals surface area contributed by atoms with Crippen LogP contribution < -0.4 is 15.8 Å². The lowest BCUT2D eigenvalue weighted by atomic mass is 10.3. The van der Waals surface area contributed by atoms with Gasteiger partial charge in [0, 0.05) is 18.3 Å². The number of hydrogen-bond donors (Lipinski definition) is 2. The van der Waals surface area contributed by atoms with E-state index in [1.807, 2.05) is 0 Å². The fraction of sp³-hybridized carbons (Fsp3) is 0.250. The molecule has 0 fully saturated rings. The van der Waals surface area contributed by atoms with Gasteiger partial charge in [0.15, 0.2) is 0 Å². The van der Waals surface area contributed by atoms with Crippen molar-refractivity contribution in [2.75, 3.05) is 18.5 Å². The second-order valence-corrected chi connectivity index (χ2v) is 2.99. The number of carbonyl (C=O) groups is 1. The highest BCUT2D eigenvalue weighted by molar-refractivity contribution is 6.03. The highest BCUT2D eigenvalue weighted by atomic mass is 16.5. The maximum absolute atomic E-state index is 11.2.